The topological polar surface area (TPSA) is 61.8 Å². The Kier molecular flexibility index (Phi) is 9.66. The van der Waals surface area contributed by atoms with Gasteiger partial charge in [0.1, 0.15) is 0 Å². The van der Waals surface area contributed by atoms with Crippen molar-refractivity contribution in [2.75, 3.05) is 16.3 Å². The Balaban J connectivity index is 0.00000233. The molecule has 0 bridgehead atoms. The fourth-order valence-electron chi connectivity index (χ4n) is 2.46. The first kappa shape index (κ1) is 27.1. The molecule has 1 N–H and O–H groups in total. The highest BCUT2D eigenvalue weighted by atomic mass is 35.5. The van der Waals surface area contributed by atoms with Gasteiger partial charge in [0.2, 0.25) is 0 Å². The van der Waals surface area contributed by atoms with Gasteiger partial charge in [0.05, 0.1) is 22.1 Å². The lowest BCUT2D eigenvalue weighted by atomic mass is 10.1. The number of hydrazone groups is 1. The van der Waals surface area contributed by atoms with Gasteiger partial charge < -0.3 is 0 Å². The average molecular weight is 498 g/mol. The molecular weight excluding hydrogens is 474 g/mol. The van der Waals surface area contributed by atoms with E-state index in [1.165, 1.54) is 17.1 Å². The normalized spacial score (nSPS) is 12.1. The number of hydrogen-bond donors (Lipinski definition) is 1. The number of halogens is 5. The Labute approximate surface area is 190 Å². The van der Waals surface area contributed by atoms with Crippen molar-refractivity contribution in [2.45, 2.75) is 40.1 Å². The SMILES string of the molecule is CC.CCN(/N=C(\C)c1cc(C)ccc1NS(=O)(=O)C(F)(F)F)c1cc(Cl)ccc1Cl. The molecule has 0 atom stereocenters. The van der Waals surface area contributed by atoms with E-state index in [9.17, 15) is 21.6 Å². The van der Waals surface area contributed by atoms with Gasteiger partial charge in [0.15, 0.2) is 0 Å². The number of aryl methyl sites for hydroxylation is 1. The summed E-state index contributed by atoms with van der Waals surface area (Å²) < 4.78 is 63.0. The molecule has 172 valence electrons. The zero-order valence-electron chi connectivity index (χ0n) is 17.7. The van der Waals surface area contributed by atoms with Crippen molar-refractivity contribution in [3.05, 3.63) is 57.6 Å². The molecule has 0 saturated carbocycles. The van der Waals surface area contributed by atoms with Crippen LogP contribution in [0.4, 0.5) is 24.5 Å². The fraction of sp³-hybridized carbons (Fsp3) is 0.350. The molecule has 0 fully saturated rings. The number of hydrogen-bond acceptors (Lipinski definition) is 4. The van der Waals surface area contributed by atoms with E-state index < -0.39 is 15.5 Å². The minimum absolute atomic E-state index is 0.203. The van der Waals surface area contributed by atoms with Crippen molar-refractivity contribution in [1.82, 2.24) is 0 Å². The van der Waals surface area contributed by atoms with Gasteiger partial charge >= 0.3 is 15.5 Å². The summed E-state index contributed by atoms with van der Waals surface area (Å²) in [5.41, 5.74) is -3.97. The van der Waals surface area contributed by atoms with E-state index in [-0.39, 0.29) is 17.0 Å². The number of nitrogens with zero attached hydrogens (tertiary/aromatic N) is 2. The summed E-state index contributed by atoms with van der Waals surface area (Å²) in [5, 5.41) is 6.76. The van der Waals surface area contributed by atoms with E-state index in [2.05, 4.69) is 5.10 Å². The largest absolute Gasteiger partial charge is 0.516 e. The fourth-order valence-corrected chi connectivity index (χ4v) is 3.43. The van der Waals surface area contributed by atoms with Crippen molar-refractivity contribution in [2.24, 2.45) is 5.10 Å². The monoisotopic (exact) mass is 497 g/mol. The first-order valence-electron chi connectivity index (χ1n) is 9.33. The molecular formula is C20H24Cl2F3N3O2S. The number of sulfonamides is 1. The van der Waals surface area contributed by atoms with E-state index in [1.54, 1.807) is 49.8 Å². The molecule has 11 heteroatoms. The quantitative estimate of drug-likeness (QED) is 0.351. The number of anilines is 2. The van der Waals surface area contributed by atoms with Crippen molar-refractivity contribution in [3.63, 3.8) is 0 Å². The van der Waals surface area contributed by atoms with Crippen LogP contribution in [0.5, 0.6) is 0 Å². The summed E-state index contributed by atoms with van der Waals surface area (Å²) in [6.07, 6.45) is 0. The van der Waals surface area contributed by atoms with Crippen LogP contribution >= 0.6 is 23.2 Å². The van der Waals surface area contributed by atoms with Crippen LogP contribution in [0.3, 0.4) is 0 Å². The first-order valence-corrected chi connectivity index (χ1v) is 11.6. The summed E-state index contributed by atoms with van der Waals surface area (Å²) >= 11 is 12.2. The van der Waals surface area contributed by atoms with Crippen LogP contribution in [-0.4, -0.2) is 26.2 Å². The predicted molar refractivity (Wildman–Crippen MR) is 123 cm³/mol. The number of alkyl halides is 3. The minimum atomic E-state index is -5.58. The molecule has 2 rings (SSSR count). The third-order valence-electron chi connectivity index (χ3n) is 3.87. The highest BCUT2D eigenvalue weighted by Gasteiger charge is 2.46. The van der Waals surface area contributed by atoms with E-state index >= 15 is 0 Å². The second-order valence-corrected chi connectivity index (χ2v) is 8.61. The Hall–Kier alpha value is -1.97. The molecule has 2 aromatic rings. The second-order valence-electron chi connectivity index (χ2n) is 6.10. The molecule has 0 aliphatic heterocycles. The van der Waals surface area contributed by atoms with E-state index in [0.717, 1.165) is 0 Å². The van der Waals surface area contributed by atoms with Crippen LogP contribution in [0.25, 0.3) is 0 Å². The van der Waals surface area contributed by atoms with Crippen LogP contribution in [0, 0.1) is 6.92 Å². The third kappa shape index (κ3) is 7.02. The molecule has 2 aromatic carbocycles. The maximum atomic E-state index is 12.8. The summed E-state index contributed by atoms with van der Waals surface area (Å²) in [6, 6.07) is 9.12. The molecule has 0 spiro atoms. The van der Waals surface area contributed by atoms with E-state index in [0.29, 0.717) is 27.8 Å². The van der Waals surface area contributed by atoms with Gasteiger partial charge in [-0.1, -0.05) is 48.7 Å². The third-order valence-corrected chi connectivity index (χ3v) is 5.52. The van der Waals surface area contributed by atoms with E-state index in [1.807, 2.05) is 13.8 Å². The minimum Gasteiger partial charge on any atom is -0.275 e. The summed E-state index contributed by atoms with van der Waals surface area (Å²) in [4.78, 5) is 0. The van der Waals surface area contributed by atoms with Crippen molar-refractivity contribution in [1.29, 1.82) is 0 Å². The highest BCUT2D eigenvalue weighted by molar-refractivity contribution is 7.93. The maximum Gasteiger partial charge on any atom is 0.516 e. The Morgan fingerprint density at radius 1 is 1.13 bits per heavy atom. The molecule has 0 aliphatic carbocycles. The van der Waals surface area contributed by atoms with Crippen LogP contribution in [-0.2, 0) is 10.0 Å². The van der Waals surface area contributed by atoms with Gasteiger partial charge in [-0.2, -0.15) is 26.7 Å². The molecule has 0 saturated heterocycles. The Morgan fingerprint density at radius 2 is 1.74 bits per heavy atom. The molecule has 0 aliphatic rings. The second kappa shape index (κ2) is 11.1. The van der Waals surface area contributed by atoms with Gasteiger partial charge in [-0.3, -0.25) is 9.73 Å². The molecule has 0 radical (unpaired) electrons. The van der Waals surface area contributed by atoms with Crippen LogP contribution in [0.1, 0.15) is 38.8 Å². The van der Waals surface area contributed by atoms with Gasteiger partial charge in [-0.25, -0.2) is 0 Å². The first-order chi connectivity index (χ1) is 14.4. The lowest BCUT2D eigenvalue weighted by Gasteiger charge is -2.21. The van der Waals surface area contributed by atoms with Crippen LogP contribution in [0.2, 0.25) is 10.0 Å². The molecule has 0 unspecified atom stereocenters. The van der Waals surface area contributed by atoms with Crippen LogP contribution in [0.15, 0.2) is 41.5 Å². The Morgan fingerprint density at radius 3 is 2.29 bits per heavy atom. The lowest BCUT2D eigenvalue weighted by molar-refractivity contribution is -0.0429. The summed E-state index contributed by atoms with van der Waals surface area (Å²) in [6.45, 7) is 9.47. The summed E-state index contributed by atoms with van der Waals surface area (Å²) in [5.74, 6) is 0. The van der Waals surface area contributed by atoms with Crippen molar-refractivity contribution < 1.29 is 21.6 Å². The molecule has 0 aromatic heterocycles. The van der Waals surface area contributed by atoms with Gasteiger partial charge in [0.25, 0.3) is 0 Å². The molecule has 31 heavy (non-hydrogen) atoms. The molecule has 0 amide bonds. The predicted octanol–water partition coefficient (Wildman–Crippen LogP) is 6.84. The Bertz CT molecular complexity index is 1040. The zero-order chi connectivity index (χ0) is 24.0. The highest BCUT2D eigenvalue weighted by Crippen LogP contribution is 2.31. The molecule has 5 nitrogen and oxygen atoms in total. The van der Waals surface area contributed by atoms with Gasteiger partial charge in [-0.05, 0) is 51.1 Å². The summed E-state index contributed by atoms with van der Waals surface area (Å²) in [7, 11) is -5.58. The van der Waals surface area contributed by atoms with Crippen molar-refractivity contribution >= 4 is 50.3 Å². The van der Waals surface area contributed by atoms with Crippen molar-refractivity contribution in [3.8, 4) is 0 Å². The number of benzene rings is 2. The maximum absolute atomic E-state index is 12.8. The number of nitrogens with one attached hydrogen (secondary N) is 1. The zero-order valence-corrected chi connectivity index (χ0v) is 20.0. The number of rotatable bonds is 6. The standard InChI is InChI=1S/C18H18Cl2F3N3O2S.C2H6/c1-4-26(17-10-13(19)6-7-15(17)20)24-12(3)14-9-11(2)5-8-16(14)25-29(27,28)18(21,22)23;1-2/h5-10,25H,4H2,1-3H3;1-2H3/b24-12+;. The van der Waals surface area contributed by atoms with Gasteiger partial charge in [-0.15, -0.1) is 0 Å². The van der Waals surface area contributed by atoms with Crippen LogP contribution < -0.4 is 9.73 Å². The molecule has 0 heterocycles. The van der Waals surface area contributed by atoms with Gasteiger partial charge in [0, 0.05) is 17.1 Å². The average Bonchev–Trinajstić information content (AvgIpc) is 2.69. The lowest BCUT2D eigenvalue weighted by Crippen LogP contribution is -2.30. The van der Waals surface area contributed by atoms with E-state index in [4.69, 9.17) is 23.2 Å². The smallest absolute Gasteiger partial charge is 0.275 e.